The van der Waals surface area contributed by atoms with Crippen molar-refractivity contribution in [3.05, 3.63) is 53.1 Å². The molecule has 0 saturated carbocycles. The van der Waals surface area contributed by atoms with Gasteiger partial charge in [0.15, 0.2) is 11.5 Å². The third kappa shape index (κ3) is 3.75. The number of hydrogen-bond acceptors (Lipinski definition) is 4. The SMILES string of the molecule is OC1(C#Cc2cccc(Cl)c2)CCN(c2ccc3c(c2)OCCO3)CC1. The van der Waals surface area contributed by atoms with Crippen molar-refractivity contribution < 1.29 is 14.6 Å². The molecule has 0 aliphatic carbocycles. The van der Waals surface area contributed by atoms with Crippen molar-refractivity contribution in [2.75, 3.05) is 31.2 Å². The van der Waals surface area contributed by atoms with Crippen molar-refractivity contribution in [1.82, 2.24) is 0 Å². The maximum atomic E-state index is 10.8. The number of aliphatic hydroxyl groups is 1. The molecule has 0 bridgehead atoms. The normalized spacial score (nSPS) is 18.0. The van der Waals surface area contributed by atoms with Crippen LogP contribution in [-0.4, -0.2) is 37.0 Å². The van der Waals surface area contributed by atoms with Crippen LogP contribution < -0.4 is 14.4 Å². The van der Waals surface area contributed by atoms with Gasteiger partial charge >= 0.3 is 0 Å². The molecule has 4 rings (SSSR count). The molecule has 0 spiro atoms. The summed E-state index contributed by atoms with van der Waals surface area (Å²) in [6.07, 6.45) is 1.18. The summed E-state index contributed by atoms with van der Waals surface area (Å²) >= 11 is 5.98. The van der Waals surface area contributed by atoms with Crippen molar-refractivity contribution in [3.8, 4) is 23.3 Å². The van der Waals surface area contributed by atoms with E-state index in [4.69, 9.17) is 21.1 Å². The molecule has 1 N–H and O–H groups in total. The van der Waals surface area contributed by atoms with Gasteiger partial charge in [-0.25, -0.2) is 0 Å². The van der Waals surface area contributed by atoms with Crippen LogP contribution in [0.4, 0.5) is 5.69 Å². The molecule has 0 unspecified atom stereocenters. The highest BCUT2D eigenvalue weighted by atomic mass is 35.5. The Labute approximate surface area is 158 Å². The number of fused-ring (bicyclic) bond motifs is 1. The molecule has 2 aromatic rings. The monoisotopic (exact) mass is 369 g/mol. The predicted octanol–water partition coefficient (Wildman–Crippen LogP) is 3.49. The molecule has 0 atom stereocenters. The molecule has 0 radical (unpaired) electrons. The van der Waals surface area contributed by atoms with Crippen LogP contribution in [0.1, 0.15) is 18.4 Å². The first-order valence-corrected chi connectivity index (χ1v) is 9.15. The smallest absolute Gasteiger partial charge is 0.163 e. The van der Waals surface area contributed by atoms with Crippen LogP contribution in [0.15, 0.2) is 42.5 Å². The van der Waals surface area contributed by atoms with Crippen LogP contribution >= 0.6 is 11.6 Å². The Morgan fingerprint density at radius 1 is 1.00 bits per heavy atom. The lowest BCUT2D eigenvalue weighted by molar-refractivity contribution is 0.0746. The number of piperidine rings is 1. The molecule has 1 fully saturated rings. The zero-order valence-electron chi connectivity index (χ0n) is 14.4. The number of ether oxygens (including phenoxy) is 2. The van der Waals surface area contributed by atoms with Crippen molar-refractivity contribution in [1.29, 1.82) is 0 Å². The lowest BCUT2D eigenvalue weighted by Gasteiger charge is -2.36. The predicted molar refractivity (Wildman–Crippen MR) is 102 cm³/mol. The van der Waals surface area contributed by atoms with E-state index in [2.05, 4.69) is 16.7 Å². The average molecular weight is 370 g/mol. The minimum Gasteiger partial charge on any atom is -0.486 e. The van der Waals surface area contributed by atoms with Crippen molar-refractivity contribution >= 4 is 17.3 Å². The van der Waals surface area contributed by atoms with Crippen LogP contribution in [0.3, 0.4) is 0 Å². The summed E-state index contributed by atoms with van der Waals surface area (Å²) in [5, 5.41) is 11.4. The average Bonchev–Trinajstić information content (AvgIpc) is 2.67. The first-order chi connectivity index (χ1) is 12.6. The second-order valence-electron chi connectivity index (χ2n) is 6.61. The fourth-order valence-corrected chi connectivity index (χ4v) is 3.43. The molecule has 0 aromatic heterocycles. The summed E-state index contributed by atoms with van der Waals surface area (Å²) in [5.74, 6) is 7.67. The summed E-state index contributed by atoms with van der Waals surface area (Å²) in [6.45, 7) is 2.64. The third-order valence-electron chi connectivity index (χ3n) is 4.75. The summed E-state index contributed by atoms with van der Waals surface area (Å²) in [5.41, 5.74) is 0.936. The highest BCUT2D eigenvalue weighted by Crippen LogP contribution is 2.35. The molecule has 1 saturated heterocycles. The number of nitrogens with zero attached hydrogens (tertiary/aromatic N) is 1. The third-order valence-corrected chi connectivity index (χ3v) is 4.98. The van der Waals surface area contributed by atoms with Crippen LogP contribution in [0.25, 0.3) is 0 Å². The van der Waals surface area contributed by atoms with Crippen LogP contribution in [-0.2, 0) is 0 Å². The molecular formula is C21H20ClNO3. The standard InChI is InChI=1S/C21H20ClNO3/c22-17-3-1-2-16(14-17)6-7-21(24)8-10-23(11-9-21)18-4-5-19-20(15-18)26-13-12-25-19/h1-5,14-15,24H,8-13H2. The Morgan fingerprint density at radius 2 is 1.77 bits per heavy atom. The maximum absolute atomic E-state index is 10.8. The molecule has 2 aliphatic rings. The molecule has 2 aromatic carbocycles. The van der Waals surface area contributed by atoms with Crippen molar-refractivity contribution in [3.63, 3.8) is 0 Å². The van der Waals surface area contributed by atoms with Gasteiger partial charge in [-0.3, -0.25) is 0 Å². The Bertz CT molecular complexity index is 863. The number of anilines is 1. The van der Waals surface area contributed by atoms with Gasteiger partial charge in [0.2, 0.25) is 0 Å². The van der Waals surface area contributed by atoms with Gasteiger partial charge in [0, 0.05) is 48.3 Å². The van der Waals surface area contributed by atoms with Gasteiger partial charge in [-0.1, -0.05) is 29.5 Å². The number of halogens is 1. The Morgan fingerprint density at radius 3 is 2.54 bits per heavy atom. The number of benzene rings is 2. The highest BCUT2D eigenvalue weighted by molar-refractivity contribution is 6.30. The van der Waals surface area contributed by atoms with E-state index in [0.29, 0.717) is 31.1 Å². The number of hydrogen-bond donors (Lipinski definition) is 1. The first-order valence-electron chi connectivity index (χ1n) is 8.77. The van der Waals surface area contributed by atoms with Gasteiger partial charge in [0.25, 0.3) is 0 Å². The van der Waals surface area contributed by atoms with E-state index >= 15 is 0 Å². The van der Waals surface area contributed by atoms with E-state index in [1.807, 2.05) is 42.5 Å². The van der Waals surface area contributed by atoms with Gasteiger partial charge in [-0.2, -0.15) is 0 Å². The van der Waals surface area contributed by atoms with Gasteiger partial charge in [-0.15, -0.1) is 0 Å². The van der Waals surface area contributed by atoms with E-state index < -0.39 is 5.60 Å². The highest BCUT2D eigenvalue weighted by Gasteiger charge is 2.31. The van der Waals surface area contributed by atoms with Crippen LogP contribution in [0, 0.1) is 11.8 Å². The lowest BCUT2D eigenvalue weighted by Crippen LogP contribution is -2.43. The molecule has 2 aliphatic heterocycles. The fourth-order valence-electron chi connectivity index (χ4n) is 3.24. The minimum atomic E-state index is -0.966. The van der Waals surface area contributed by atoms with E-state index in [0.717, 1.165) is 35.8 Å². The largest absolute Gasteiger partial charge is 0.486 e. The maximum Gasteiger partial charge on any atom is 0.163 e. The zero-order valence-corrected chi connectivity index (χ0v) is 15.1. The zero-order chi connectivity index (χ0) is 18.0. The molecule has 5 heteroatoms. The molecule has 4 nitrogen and oxygen atoms in total. The van der Waals surface area contributed by atoms with Gasteiger partial charge < -0.3 is 19.5 Å². The first kappa shape index (κ1) is 17.1. The van der Waals surface area contributed by atoms with E-state index in [9.17, 15) is 5.11 Å². The Hall–Kier alpha value is -2.35. The lowest BCUT2D eigenvalue weighted by atomic mass is 9.91. The molecule has 2 heterocycles. The second-order valence-corrected chi connectivity index (χ2v) is 7.04. The van der Waals surface area contributed by atoms with Gasteiger partial charge in [0.1, 0.15) is 18.8 Å². The quantitative estimate of drug-likeness (QED) is 0.781. The van der Waals surface area contributed by atoms with Gasteiger partial charge in [-0.05, 0) is 30.3 Å². The minimum absolute atomic E-state index is 0.579. The topological polar surface area (TPSA) is 41.9 Å². The Kier molecular flexibility index (Phi) is 4.67. The fraction of sp³-hybridized carbons (Fsp3) is 0.333. The molecular weight excluding hydrogens is 350 g/mol. The summed E-state index contributed by atoms with van der Waals surface area (Å²) in [7, 11) is 0. The van der Waals surface area contributed by atoms with Crippen LogP contribution in [0.2, 0.25) is 5.02 Å². The van der Waals surface area contributed by atoms with Crippen molar-refractivity contribution in [2.24, 2.45) is 0 Å². The molecule has 0 amide bonds. The summed E-state index contributed by atoms with van der Waals surface area (Å²) in [6, 6.07) is 13.4. The van der Waals surface area contributed by atoms with E-state index in [1.165, 1.54) is 0 Å². The molecule has 26 heavy (non-hydrogen) atoms. The Balaban J connectivity index is 1.44. The summed E-state index contributed by atoms with van der Waals surface area (Å²) in [4.78, 5) is 2.24. The van der Waals surface area contributed by atoms with E-state index in [-0.39, 0.29) is 0 Å². The summed E-state index contributed by atoms with van der Waals surface area (Å²) < 4.78 is 11.2. The molecule has 134 valence electrons. The van der Waals surface area contributed by atoms with E-state index in [1.54, 1.807) is 0 Å². The van der Waals surface area contributed by atoms with Crippen molar-refractivity contribution in [2.45, 2.75) is 18.4 Å². The number of rotatable bonds is 1. The van der Waals surface area contributed by atoms with Crippen LogP contribution in [0.5, 0.6) is 11.5 Å². The van der Waals surface area contributed by atoms with Gasteiger partial charge in [0.05, 0.1) is 0 Å². The second kappa shape index (κ2) is 7.11.